The summed E-state index contributed by atoms with van der Waals surface area (Å²) in [6, 6.07) is 8.63. The summed E-state index contributed by atoms with van der Waals surface area (Å²) in [7, 11) is 0. The Bertz CT molecular complexity index is 499. The summed E-state index contributed by atoms with van der Waals surface area (Å²) in [4.78, 5) is 0. The smallest absolute Gasteiger partial charge is 0.0158 e. The minimum absolute atomic E-state index is 0.0766. The highest BCUT2D eigenvalue weighted by molar-refractivity contribution is 5.87. The van der Waals surface area contributed by atoms with Gasteiger partial charge in [0, 0.05) is 5.41 Å². The summed E-state index contributed by atoms with van der Waals surface area (Å²) >= 11 is 0. The molecule has 0 N–H and O–H groups in total. The van der Waals surface area contributed by atoms with E-state index in [1.807, 2.05) is 6.08 Å². The molecule has 0 saturated carbocycles. The van der Waals surface area contributed by atoms with Gasteiger partial charge in [-0.1, -0.05) is 83.2 Å². The van der Waals surface area contributed by atoms with E-state index in [2.05, 4.69) is 77.6 Å². The molecule has 2 rings (SSSR count). The van der Waals surface area contributed by atoms with Gasteiger partial charge in [0.1, 0.15) is 0 Å². The molecule has 0 aromatic heterocycles. The molecule has 0 heterocycles. The lowest BCUT2D eigenvalue weighted by atomic mass is 9.81. The maximum Gasteiger partial charge on any atom is 0.0158 e. The fourth-order valence-electron chi connectivity index (χ4n) is 2.60. The van der Waals surface area contributed by atoms with Gasteiger partial charge in [0.15, 0.2) is 0 Å². The molecule has 0 heteroatoms. The highest BCUT2D eigenvalue weighted by Crippen LogP contribution is 2.46. The molecule has 0 amide bonds. The number of rotatable bonds is 2. The van der Waals surface area contributed by atoms with Crippen molar-refractivity contribution in [3.05, 3.63) is 65.8 Å². The van der Waals surface area contributed by atoms with E-state index in [1.54, 1.807) is 0 Å². The monoisotopic (exact) mass is 254 g/mol. The van der Waals surface area contributed by atoms with Gasteiger partial charge in [-0.3, -0.25) is 0 Å². The molecule has 0 aliphatic heterocycles. The van der Waals surface area contributed by atoms with Crippen molar-refractivity contribution >= 4 is 5.57 Å². The fourth-order valence-corrected chi connectivity index (χ4v) is 2.60. The highest BCUT2D eigenvalue weighted by Gasteiger charge is 2.34. The summed E-state index contributed by atoms with van der Waals surface area (Å²) < 4.78 is 0. The Kier molecular flexibility index (Phi) is 5.35. The second-order valence-electron chi connectivity index (χ2n) is 5.41. The highest BCUT2D eigenvalue weighted by atomic mass is 14.4. The molecular formula is C19H26. The third-order valence-electron chi connectivity index (χ3n) is 3.39. The lowest BCUT2D eigenvalue weighted by Gasteiger charge is -2.22. The third kappa shape index (κ3) is 2.89. The SMILES string of the molecule is C=CC1=C(/C=C\C)c2ccccc2C1(C)C.CCC. The van der Waals surface area contributed by atoms with Crippen LogP contribution in [0.4, 0.5) is 0 Å². The standard InChI is InChI=1S/C16H18.C3H8/c1-5-9-12-13-10-7-8-11-15(13)16(3,4)14(12)6-2;1-3-2/h5-11H,2H2,1,3-4H3;3H2,1-2H3/b9-5-;. The Hall–Kier alpha value is -1.56. The molecule has 0 atom stereocenters. The average molecular weight is 254 g/mol. The Morgan fingerprint density at radius 2 is 1.74 bits per heavy atom. The topological polar surface area (TPSA) is 0 Å². The van der Waals surface area contributed by atoms with E-state index in [-0.39, 0.29) is 5.41 Å². The second kappa shape index (κ2) is 6.56. The maximum atomic E-state index is 3.96. The van der Waals surface area contributed by atoms with E-state index in [1.165, 1.54) is 28.7 Å². The molecule has 0 unspecified atom stereocenters. The molecule has 1 aromatic carbocycles. The van der Waals surface area contributed by atoms with Crippen molar-refractivity contribution in [3.63, 3.8) is 0 Å². The van der Waals surface area contributed by atoms with Crippen LogP contribution in [-0.2, 0) is 5.41 Å². The molecule has 0 bridgehead atoms. The van der Waals surface area contributed by atoms with Gasteiger partial charge in [-0.05, 0) is 29.2 Å². The Balaban J connectivity index is 0.000000550. The summed E-state index contributed by atoms with van der Waals surface area (Å²) in [6.07, 6.45) is 7.52. The summed E-state index contributed by atoms with van der Waals surface area (Å²) in [5.41, 5.74) is 5.47. The van der Waals surface area contributed by atoms with Gasteiger partial charge < -0.3 is 0 Å². The fraction of sp³-hybridized carbons (Fsp3) is 0.368. The quantitative estimate of drug-likeness (QED) is 0.615. The predicted octanol–water partition coefficient (Wildman–Crippen LogP) is 5.91. The first kappa shape index (κ1) is 15.5. The molecule has 1 aromatic rings. The number of hydrogen-bond acceptors (Lipinski definition) is 0. The van der Waals surface area contributed by atoms with Gasteiger partial charge in [0.25, 0.3) is 0 Å². The molecule has 1 aliphatic carbocycles. The second-order valence-corrected chi connectivity index (χ2v) is 5.41. The van der Waals surface area contributed by atoms with Gasteiger partial charge in [-0.2, -0.15) is 0 Å². The summed E-state index contributed by atoms with van der Waals surface area (Å²) in [5, 5.41) is 0. The zero-order chi connectivity index (χ0) is 14.5. The largest absolute Gasteiger partial charge is 0.0987 e. The molecule has 0 fully saturated rings. The van der Waals surface area contributed by atoms with Crippen LogP contribution < -0.4 is 0 Å². The van der Waals surface area contributed by atoms with E-state index in [0.717, 1.165) is 0 Å². The van der Waals surface area contributed by atoms with E-state index >= 15 is 0 Å². The zero-order valence-corrected chi connectivity index (χ0v) is 13.0. The van der Waals surface area contributed by atoms with Crippen molar-refractivity contribution in [3.8, 4) is 0 Å². The molecule has 0 nitrogen and oxygen atoms in total. The van der Waals surface area contributed by atoms with E-state index in [0.29, 0.717) is 0 Å². The lowest BCUT2D eigenvalue weighted by Crippen LogP contribution is -2.15. The number of allylic oxidation sites excluding steroid dienone is 5. The number of hydrogen-bond donors (Lipinski definition) is 0. The zero-order valence-electron chi connectivity index (χ0n) is 13.0. The van der Waals surface area contributed by atoms with Crippen LogP contribution >= 0.6 is 0 Å². The van der Waals surface area contributed by atoms with Gasteiger partial charge in [-0.15, -0.1) is 0 Å². The van der Waals surface area contributed by atoms with E-state index in [4.69, 9.17) is 0 Å². The number of benzene rings is 1. The molecule has 1 aliphatic rings. The normalized spacial score (nSPS) is 16.1. The van der Waals surface area contributed by atoms with Crippen LogP contribution in [0.15, 0.2) is 54.6 Å². The van der Waals surface area contributed by atoms with Crippen LogP contribution in [0.5, 0.6) is 0 Å². The Morgan fingerprint density at radius 3 is 2.26 bits per heavy atom. The van der Waals surface area contributed by atoms with Crippen molar-refractivity contribution in [2.24, 2.45) is 0 Å². The van der Waals surface area contributed by atoms with Crippen LogP contribution in [-0.4, -0.2) is 0 Å². The maximum absolute atomic E-state index is 3.96. The van der Waals surface area contributed by atoms with E-state index < -0.39 is 0 Å². The van der Waals surface area contributed by atoms with Crippen molar-refractivity contribution in [1.82, 2.24) is 0 Å². The first-order chi connectivity index (χ1) is 9.04. The van der Waals surface area contributed by atoms with Crippen LogP contribution in [0.1, 0.15) is 52.2 Å². The van der Waals surface area contributed by atoms with Crippen molar-refractivity contribution in [2.45, 2.75) is 46.5 Å². The molecule has 0 radical (unpaired) electrons. The molecule has 0 saturated heterocycles. The minimum atomic E-state index is 0.0766. The van der Waals surface area contributed by atoms with Crippen molar-refractivity contribution in [1.29, 1.82) is 0 Å². The summed E-state index contributed by atoms with van der Waals surface area (Å²) in [6.45, 7) is 14.8. The van der Waals surface area contributed by atoms with Gasteiger partial charge >= 0.3 is 0 Å². The van der Waals surface area contributed by atoms with Crippen molar-refractivity contribution < 1.29 is 0 Å². The first-order valence-corrected chi connectivity index (χ1v) is 7.14. The molecule has 0 spiro atoms. The number of fused-ring (bicyclic) bond motifs is 1. The van der Waals surface area contributed by atoms with Crippen LogP contribution in [0.25, 0.3) is 5.57 Å². The van der Waals surface area contributed by atoms with Gasteiger partial charge in [0.2, 0.25) is 0 Å². The predicted molar refractivity (Wildman–Crippen MR) is 87.4 cm³/mol. The van der Waals surface area contributed by atoms with Crippen LogP contribution in [0.3, 0.4) is 0 Å². The first-order valence-electron chi connectivity index (χ1n) is 7.14. The van der Waals surface area contributed by atoms with E-state index in [9.17, 15) is 0 Å². The molecule has 19 heavy (non-hydrogen) atoms. The van der Waals surface area contributed by atoms with Crippen molar-refractivity contribution in [2.75, 3.05) is 0 Å². The third-order valence-corrected chi connectivity index (χ3v) is 3.39. The van der Waals surface area contributed by atoms with Crippen LogP contribution in [0.2, 0.25) is 0 Å². The molecular weight excluding hydrogens is 228 g/mol. The minimum Gasteiger partial charge on any atom is -0.0987 e. The Labute approximate surface area is 118 Å². The van der Waals surface area contributed by atoms with Gasteiger partial charge in [-0.25, -0.2) is 0 Å². The average Bonchev–Trinajstić information content (AvgIpc) is 2.60. The Morgan fingerprint density at radius 1 is 1.16 bits per heavy atom. The van der Waals surface area contributed by atoms with Crippen LogP contribution in [0, 0.1) is 0 Å². The van der Waals surface area contributed by atoms with Gasteiger partial charge in [0.05, 0.1) is 0 Å². The molecule has 102 valence electrons. The summed E-state index contributed by atoms with van der Waals surface area (Å²) in [5.74, 6) is 0. The lowest BCUT2D eigenvalue weighted by molar-refractivity contribution is 0.654.